The van der Waals surface area contributed by atoms with Gasteiger partial charge in [0.05, 0.1) is 11.6 Å². The smallest absolute Gasteiger partial charge is 0.223 e. The van der Waals surface area contributed by atoms with Crippen LogP contribution in [0.1, 0.15) is 12.0 Å². The van der Waals surface area contributed by atoms with E-state index in [0.717, 1.165) is 19.5 Å². The third kappa shape index (κ3) is 8.22. The van der Waals surface area contributed by atoms with Gasteiger partial charge in [0.2, 0.25) is 5.91 Å². The molecule has 1 aliphatic rings. The van der Waals surface area contributed by atoms with Crippen molar-refractivity contribution in [3.63, 3.8) is 0 Å². The standard InChI is InChI=1S/C23H29ClN4O2.HI/c1-25-23(26-12-14-30-21-10-6-5-9-20(21)24)27-16-19-15-22(29)28(17-19)13-11-18-7-3-2-4-8-18;/h2-10,19H,11-17H2,1H3,(H2,25,26,27);1H. The maximum Gasteiger partial charge on any atom is 0.223 e. The van der Waals surface area contributed by atoms with E-state index in [9.17, 15) is 4.79 Å². The Kier molecular flexibility index (Phi) is 10.9. The number of aliphatic imine (C=N–C) groups is 1. The molecule has 8 heteroatoms. The van der Waals surface area contributed by atoms with Gasteiger partial charge in [-0.1, -0.05) is 54.1 Å². The van der Waals surface area contributed by atoms with Crippen LogP contribution in [0.4, 0.5) is 0 Å². The highest BCUT2D eigenvalue weighted by Crippen LogP contribution is 2.22. The minimum Gasteiger partial charge on any atom is -0.490 e. The molecule has 0 aromatic heterocycles. The number of hydrogen-bond donors (Lipinski definition) is 2. The van der Waals surface area contributed by atoms with Crippen molar-refractivity contribution in [1.29, 1.82) is 0 Å². The highest BCUT2D eigenvalue weighted by Gasteiger charge is 2.29. The lowest BCUT2D eigenvalue weighted by Crippen LogP contribution is -2.41. The number of rotatable bonds is 9. The van der Waals surface area contributed by atoms with E-state index in [1.165, 1.54) is 5.56 Å². The van der Waals surface area contributed by atoms with Crippen LogP contribution in [0.5, 0.6) is 5.75 Å². The van der Waals surface area contributed by atoms with Gasteiger partial charge < -0.3 is 20.3 Å². The average Bonchev–Trinajstić information content (AvgIpc) is 3.13. The average molecular weight is 557 g/mol. The van der Waals surface area contributed by atoms with Crippen molar-refractivity contribution in [1.82, 2.24) is 15.5 Å². The fraction of sp³-hybridized carbons (Fsp3) is 0.391. The first kappa shape index (κ1) is 25.3. The molecule has 1 fully saturated rings. The Balaban J connectivity index is 0.00000341. The molecule has 2 N–H and O–H groups in total. The summed E-state index contributed by atoms with van der Waals surface area (Å²) in [5.41, 5.74) is 1.26. The molecule has 0 spiro atoms. The monoisotopic (exact) mass is 556 g/mol. The number of hydrogen-bond acceptors (Lipinski definition) is 3. The predicted molar refractivity (Wildman–Crippen MR) is 137 cm³/mol. The maximum atomic E-state index is 12.3. The predicted octanol–water partition coefficient (Wildman–Crippen LogP) is 3.59. The van der Waals surface area contributed by atoms with Gasteiger partial charge in [0.1, 0.15) is 12.4 Å². The van der Waals surface area contributed by atoms with Crippen LogP contribution in [0.25, 0.3) is 0 Å². The lowest BCUT2D eigenvalue weighted by atomic mass is 10.1. The normalized spacial score (nSPS) is 16.1. The first-order valence-corrected chi connectivity index (χ1v) is 10.7. The van der Waals surface area contributed by atoms with Crippen molar-refractivity contribution in [2.24, 2.45) is 10.9 Å². The molecule has 0 aliphatic carbocycles. The number of ether oxygens (including phenoxy) is 1. The number of likely N-dealkylation sites (tertiary alicyclic amines) is 1. The number of amides is 1. The summed E-state index contributed by atoms with van der Waals surface area (Å²) in [4.78, 5) is 18.5. The van der Waals surface area contributed by atoms with Crippen molar-refractivity contribution < 1.29 is 9.53 Å². The summed E-state index contributed by atoms with van der Waals surface area (Å²) in [5.74, 6) is 1.89. The zero-order valence-electron chi connectivity index (χ0n) is 17.7. The lowest BCUT2D eigenvalue weighted by Gasteiger charge is -2.18. The summed E-state index contributed by atoms with van der Waals surface area (Å²) in [5, 5.41) is 7.14. The Morgan fingerprint density at radius 1 is 1.16 bits per heavy atom. The molecule has 2 aromatic carbocycles. The number of halogens is 2. The van der Waals surface area contributed by atoms with Crippen molar-refractivity contribution in [2.45, 2.75) is 12.8 Å². The summed E-state index contributed by atoms with van der Waals surface area (Å²) in [6.07, 6.45) is 1.47. The zero-order valence-corrected chi connectivity index (χ0v) is 20.8. The highest BCUT2D eigenvalue weighted by atomic mass is 127. The molecule has 3 rings (SSSR count). The van der Waals surface area contributed by atoms with Crippen molar-refractivity contribution in [3.05, 3.63) is 65.2 Å². The Hall–Kier alpha value is -2.00. The van der Waals surface area contributed by atoms with Gasteiger partial charge in [0.15, 0.2) is 5.96 Å². The van der Waals surface area contributed by atoms with Gasteiger partial charge in [-0.25, -0.2) is 0 Å². The number of nitrogens with one attached hydrogen (secondary N) is 2. The van der Waals surface area contributed by atoms with Crippen LogP contribution in [0, 0.1) is 5.92 Å². The number of para-hydroxylation sites is 1. The van der Waals surface area contributed by atoms with Gasteiger partial charge in [-0.15, -0.1) is 24.0 Å². The number of guanidine groups is 1. The minimum absolute atomic E-state index is 0. The van der Waals surface area contributed by atoms with E-state index in [1.807, 2.05) is 41.3 Å². The summed E-state index contributed by atoms with van der Waals surface area (Å²) in [7, 11) is 1.73. The molecule has 6 nitrogen and oxygen atoms in total. The highest BCUT2D eigenvalue weighted by molar-refractivity contribution is 14.0. The van der Waals surface area contributed by atoms with E-state index >= 15 is 0 Å². The molecule has 0 bridgehead atoms. The van der Waals surface area contributed by atoms with Gasteiger partial charge in [-0.3, -0.25) is 9.79 Å². The van der Waals surface area contributed by atoms with Gasteiger partial charge in [-0.05, 0) is 24.1 Å². The molecule has 2 aromatic rings. The SMILES string of the molecule is CN=C(NCCOc1ccccc1Cl)NCC1CC(=O)N(CCc2ccccc2)C1.I. The summed E-state index contributed by atoms with van der Waals surface area (Å²) in [6, 6.07) is 17.7. The molecule has 1 aliphatic heterocycles. The van der Waals surface area contributed by atoms with Crippen LogP contribution in [0.3, 0.4) is 0 Å². The van der Waals surface area contributed by atoms with Gasteiger partial charge >= 0.3 is 0 Å². The lowest BCUT2D eigenvalue weighted by molar-refractivity contribution is -0.127. The van der Waals surface area contributed by atoms with E-state index in [-0.39, 0.29) is 35.8 Å². The molecule has 1 amide bonds. The Morgan fingerprint density at radius 3 is 2.65 bits per heavy atom. The quantitative estimate of drug-likeness (QED) is 0.214. The maximum absolute atomic E-state index is 12.3. The van der Waals surface area contributed by atoms with Gasteiger partial charge in [0.25, 0.3) is 0 Å². The van der Waals surface area contributed by atoms with E-state index < -0.39 is 0 Å². The van der Waals surface area contributed by atoms with Gasteiger partial charge in [-0.2, -0.15) is 0 Å². The van der Waals surface area contributed by atoms with E-state index in [2.05, 4.69) is 27.8 Å². The third-order valence-electron chi connectivity index (χ3n) is 5.08. The molecular formula is C23H30ClIN4O2. The number of nitrogens with zero attached hydrogens (tertiary/aromatic N) is 2. The van der Waals surface area contributed by atoms with Crippen molar-refractivity contribution in [2.75, 3.05) is 39.8 Å². The second-order valence-electron chi connectivity index (χ2n) is 7.30. The fourth-order valence-electron chi connectivity index (χ4n) is 3.47. The number of benzene rings is 2. The van der Waals surface area contributed by atoms with Crippen LogP contribution in [-0.4, -0.2) is 56.6 Å². The molecule has 168 valence electrons. The van der Waals surface area contributed by atoms with Crippen molar-refractivity contribution in [3.8, 4) is 5.75 Å². The second-order valence-corrected chi connectivity index (χ2v) is 7.71. The van der Waals surface area contributed by atoms with Crippen LogP contribution in [0.2, 0.25) is 5.02 Å². The third-order valence-corrected chi connectivity index (χ3v) is 5.39. The van der Waals surface area contributed by atoms with E-state index in [0.29, 0.717) is 42.8 Å². The number of carbonyl (C=O) groups is 1. The minimum atomic E-state index is 0. The molecular weight excluding hydrogens is 527 g/mol. The second kappa shape index (κ2) is 13.4. The fourth-order valence-corrected chi connectivity index (χ4v) is 3.66. The summed E-state index contributed by atoms with van der Waals surface area (Å²) in [6.45, 7) is 3.33. The Morgan fingerprint density at radius 2 is 1.90 bits per heavy atom. The molecule has 1 saturated heterocycles. The zero-order chi connectivity index (χ0) is 21.2. The van der Waals surface area contributed by atoms with Crippen LogP contribution < -0.4 is 15.4 Å². The topological polar surface area (TPSA) is 66.0 Å². The Labute approximate surface area is 206 Å². The van der Waals surface area contributed by atoms with E-state index in [4.69, 9.17) is 16.3 Å². The molecule has 0 saturated carbocycles. The molecule has 1 atom stereocenters. The van der Waals surface area contributed by atoms with E-state index in [1.54, 1.807) is 13.1 Å². The largest absolute Gasteiger partial charge is 0.490 e. The summed E-state index contributed by atoms with van der Waals surface area (Å²) < 4.78 is 5.67. The summed E-state index contributed by atoms with van der Waals surface area (Å²) >= 11 is 6.08. The molecule has 1 heterocycles. The van der Waals surface area contributed by atoms with Crippen LogP contribution >= 0.6 is 35.6 Å². The number of carbonyl (C=O) groups excluding carboxylic acids is 1. The first-order chi connectivity index (χ1) is 14.7. The molecule has 31 heavy (non-hydrogen) atoms. The van der Waals surface area contributed by atoms with Crippen LogP contribution in [-0.2, 0) is 11.2 Å². The Bertz CT molecular complexity index is 850. The van der Waals surface area contributed by atoms with Gasteiger partial charge in [0, 0.05) is 39.0 Å². The molecule has 1 unspecified atom stereocenters. The van der Waals surface area contributed by atoms with Crippen LogP contribution in [0.15, 0.2) is 59.6 Å². The van der Waals surface area contributed by atoms with Crippen molar-refractivity contribution >= 4 is 47.4 Å². The molecule has 0 radical (unpaired) electrons. The first-order valence-electron chi connectivity index (χ1n) is 10.3.